The smallest absolute Gasteiger partial charge is 0.272 e. The van der Waals surface area contributed by atoms with E-state index in [2.05, 4.69) is 11.9 Å². The van der Waals surface area contributed by atoms with Gasteiger partial charge in [-0.15, -0.1) is 0 Å². The van der Waals surface area contributed by atoms with Gasteiger partial charge in [0, 0.05) is 13.1 Å². The molecule has 0 aromatic carbocycles. The highest BCUT2D eigenvalue weighted by Crippen LogP contribution is 2.18. The molecule has 86 valence electrons. The fourth-order valence-corrected chi connectivity index (χ4v) is 2.06. The van der Waals surface area contributed by atoms with Crippen molar-refractivity contribution in [3.8, 4) is 0 Å². The SMILES string of the molecule is CC1CCN(C(=O)c2cccc(Cl)n2)CC1. The first-order valence-electron chi connectivity index (χ1n) is 5.58. The van der Waals surface area contributed by atoms with E-state index in [0.717, 1.165) is 31.8 Å². The summed E-state index contributed by atoms with van der Waals surface area (Å²) < 4.78 is 0. The number of amides is 1. The number of likely N-dealkylation sites (tertiary alicyclic amines) is 1. The number of hydrogen-bond donors (Lipinski definition) is 0. The van der Waals surface area contributed by atoms with Gasteiger partial charge in [-0.2, -0.15) is 0 Å². The van der Waals surface area contributed by atoms with Gasteiger partial charge in [-0.05, 0) is 30.9 Å². The van der Waals surface area contributed by atoms with Crippen molar-refractivity contribution in [1.29, 1.82) is 0 Å². The third-order valence-corrected chi connectivity index (χ3v) is 3.22. The topological polar surface area (TPSA) is 33.2 Å². The molecule has 1 aliphatic heterocycles. The zero-order valence-electron chi connectivity index (χ0n) is 9.32. The molecule has 1 aromatic rings. The van der Waals surface area contributed by atoms with Gasteiger partial charge >= 0.3 is 0 Å². The van der Waals surface area contributed by atoms with E-state index >= 15 is 0 Å². The lowest BCUT2D eigenvalue weighted by atomic mass is 9.99. The molecule has 16 heavy (non-hydrogen) atoms. The first-order chi connectivity index (χ1) is 7.66. The lowest BCUT2D eigenvalue weighted by molar-refractivity contribution is 0.0691. The maximum Gasteiger partial charge on any atom is 0.272 e. The molecule has 4 heteroatoms. The van der Waals surface area contributed by atoms with Gasteiger partial charge in [0.15, 0.2) is 0 Å². The molecule has 0 saturated carbocycles. The fourth-order valence-electron chi connectivity index (χ4n) is 1.90. The highest BCUT2D eigenvalue weighted by Gasteiger charge is 2.22. The lowest BCUT2D eigenvalue weighted by Gasteiger charge is -2.30. The third kappa shape index (κ3) is 2.53. The second-order valence-corrected chi connectivity index (χ2v) is 4.71. The van der Waals surface area contributed by atoms with E-state index in [4.69, 9.17) is 11.6 Å². The van der Waals surface area contributed by atoms with E-state index in [1.807, 2.05) is 4.90 Å². The summed E-state index contributed by atoms with van der Waals surface area (Å²) in [6.45, 7) is 3.88. The van der Waals surface area contributed by atoms with Gasteiger partial charge in [0.25, 0.3) is 5.91 Å². The number of rotatable bonds is 1. The second kappa shape index (κ2) is 4.83. The molecular weight excluding hydrogens is 224 g/mol. The van der Waals surface area contributed by atoms with E-state index < -0.39 is 0 Å². The van der Waals surface area contributed by atoms with Crippen molar-refractivity contribution in [2.24, 2.45) is 5.92 Å². The van der Waals surface area contributed by atoms with Gasteiger partial charge in [-0.25, -0.2) is 4.98 Å². The van der Waals surface area contributed by atoms with Gasteiger partial charge in [-0.1, -0.05) is 24.6 Å². The molecule has 1 aromatic heterocycles. The Labute approximate surface area is 100 Å². The van der Waals surface area contributed by atoms with Crippen molar-refractivity contribution >= 4 is 17.5 Å². The average Bonchev–Trinajstić information content (AvgIpc) is 2.29. The zero-order valence-corrected chi connectivity index (χ0v) is 10.1. The highest BCUT2D eigenvalue weighted by molar-refractivity contribution is 6.29. The molecule has 2 rings (SSSR count). The molecule has 3 nitrogen and oxygen atoms in total. The van der Waals surface area contributed by atoms with Gasteiger partial charge in [0.1, 0.15) is 10.8 Å². The molecule has 1 aliphatic rings. The predicted molar refractivity (Wildman–Crippen MR) is 63.5 cm³/mol. The minimum atomic E-state index is -0.00519. The number of hydrogen-bond acceptors (Lipinski definition) is 2. The van der Waals surface area contributed by atoms with Crippen LogP contribution in [-0.2, 0) is 0 Å². The minimum absolute atomic E-state index is 0.00519. The van der Waals surface area contributed by atoms with Gasteiger partial charge in [0.05, 0.1) is 0 Å². The molecule has 1 amide bonds. The molecule has 0 unspecified atom stereocenters. The summed E-state index contributed by atoms with van der Waals surface area (Å²) in [5.41, 5.74) is 0.446. The van der Waals surface area contributed by atoms with Crippen LogP contribution in [0.5, 0.6) is 0 Å². The molecule has 0 radical (unpaired) electrons. The zero-order chi connectivity index (χ0) is 11.5. The van der Waals surface area contributed by atoms with E-state index in [-0.39, 0.29) is 5.91 Å². The Balaban J connectivity index is 2.08. The van der Waals surface area contributed by atoms with Crippen LogP contribution in [0.25, 0.3) is 0 Å². The van der Waals surface area contributed by atoms with Crippen molar-refractivity contribution in [3.63, 3.8) is 0 Å². The number of halogens is 1. The van der Waals surface area contributed by atoms with Gasteiger partial charge in [0.2, 0.25) is 0 Å². The third-order valence-electron chi connectivity index (χ3n) is 3.01. The Morgan fingerprint density at radius 3 is 2.75 bits per heavy atom. The number of piperidine rings is 1. The number of carbonyl (C=O) groups is 1. The lowest BCUT2D eigenvalue weighted by Crippen LogP contribution is -2.38. The standard InChI is InChI=1S/C12H15ClN2O/c1-9-5-7-15(8-6-9)12(16)10-3-2-4-11(13)14-10/h2-4,9H,5-8H2,1H3. The maximum absolute atomic E-state index is 12.1. The monoisotopic (exact) mass is 238 g/mol. The van der Waals surface area contributed by atoms with Crippen LogP contribution in [0.15, 0.2) is 18.2 Å². The van der Waals surface area contributed by atoms with Crippen LogP contribution in [-0.4, -0.2) is 28.9 Å². The quantitative estimate of drug-likeness (QED) is 0.705. The predicted octanol–water partition coefficient (Wildman–Crippen LogP) is 2.61. The summed E-state index contributed by atoms with van der Waals surface area (Å²) in [4.78, 5) is 18.0. The van der Waals surface area contributed by atoms with Crippen molar-refractivity contribution < 1.29 is 4.79 Å². The van der Waals surface area contributed by atoms with Crippen molar-refractivity contribution in [3.05, 3.63) is 29.0 Å². The van der Waals surface area contributed by atoms with Crippen LogP contribution in [0.4, 0.5) is 0 Å². The van der Waals surface area contributed by atoms with Crippen LogP contribution in [0.2, 0.25) is 5.15 Å². The largest absolute Gasteiger partial charge is 0.337 e. The average molecular weight is 239 g/mol. The molecule has 2 heterocycles. The molecule has 0 aliphatic carbocycles. The molecule has 1 saturated heterocycles. The summed E-state index contributed by atoms with van der Waals surface area (Å²) in [7, 11) is 0. The first-order valence-corrected chi connectivity index (χ1v) is 5.96. The van der Waals surface area contributed by atoms with Gasteiger partial charge in [-0.3, -0.25) is 4.79 Å². The molecule has 0 atom stereocenters. The fraction of sp³-hybridized carbons (Fsp3) is 0.500. The number of nitrogens with zero attached hydrogens (tertiary/aromatic N) is 2. The summed E-state index contributed by atoms with van der Waals surface area (Å²) in [6.07, 6.45) is 2.15. The summed E-state index contributed by atoms with van der Waals surface area (Å²) >= 11 is 5.77. The Kier molecular flexibility index (Phi) is 3.44. The second-order valence-electron chi connectivity index (χ2n) is 4.32. The first kappa shape index (κ1) is 11.4. The molecule has 0 spiro atoms. The van der Waals surface area contributed by atoms with Crippen LogP contribution >= 0.6 is 11.6 Å². The summed E-state index contributed by atoms with van der Waals surface area (Å²) in [5.74, 6) is 0.714. The molecule has 0 bridgehead atoms. The van der Waals surface area contributed by atoms with Crippen LogP contribution in [0.1, 0.15) is 30.3 Å². The van der Waals surface area contributed by atoms with Crippen molar-refractivity contribution in [2.45, 2.75) is 19.8 Å². The summed E-state index contributed by atoms with van der Waals surface area (Å²) in [6, 6.07) is 5.15. The normalized spacial score (nSPS) is 17.5. The van der Waals surface area contributed by atoms with E-state index in [1.54, 1.807) is 18.2 Å². The summed E-state index contributed by atoms with van der Waals surface area (Å²) in [5, 5.41) is 0.372. The van der Waals surface area contributed by atoms with Crippen LogP contribution in [0, 0.1) is 5.92 Å². The Morgan fingerprint density at radius 1 is 1.44 bits per heavy atom. The Bertz CT molecular complexity index is 386. The number of carbonyl (C=O) groups excluding carboxylic acids is 1. The Morgan fingerprint density at radius 2 is 2.12 bits per heavy atom. The van der Waals surface area contributed by atoms with Crippen LogP contribution < -0.4 is 0 Å². The van der Waals surface area contributed by atoms with Crippen molar-refractivity contribution in [1.82, 2.24) is 9.88 Å². The number of aromatic nitrogens is 1. The highest BCUT2D eigenvalue weighted by atomic mass is 35.5. The maximum atomic E-state index is 12.1. The molecule has 1 fully saturated rings. The minimum Gasteiger partial charge on any atom is -0.337 e. The molecular formula is C12H15ClN2O. The van der Waals surface area contributed by atoms with E-state index in [0.29, 0.717) is 10.8 Å². The van der Waals surface area contributed by atoms with Crippen LogP contribution in [0.3, 0.4) is 0 Å². The van der Waals surface area contributed by atoms with Gasteiger partial charge < -0.3 is 4.90 Å². The molecule has 0 N–H and O–H groups in total. The Hall–Kier alpha value is -1.09. The van der Waals surface area contributed by atoms with Crippen molar-refractivity contribution in [2.75, 3.05) is 13.1 Å². The van der Waals surface area contributed by atoms with E-state index in [1.165, 1.54) is 0 Å². The number of pyridine rings is 1. The van der Waals surface area contributed by atoms with E-state index in [9.17, 15) is 4.79 Å².